The molecule has 2 aromatic heterocycles. The van der Waals surface area contributed by atoms with Crippen molar-refractivity contribution in [1.29, 1.82) is 0 Å². The molecule has 0 bridgehead atoms. The maximum atomic E-state index is 13.8. The van der Waals surface area contributed by atoms with Crippen LogP contribution in [0.5, 0.6) is 6.01 Å². The van der Waals surface area contributed by atoms with Crippen molar-refractivity contribution in [3.05, 3.63) is 88.7 Å². The van der Waals surface area contributed by atoms with Gasteiger partial charge in [-0.25, -0.2) is 0 Å². The second-order valence-electron chi connectivity index (χ2n) is 10.7. The Morgan fingerprint density at radius 2 is 1.85 bits per heavy atom. The Balaban J connectivity index is 1.26. The molecule has 1 aliphatic carbocycles. The van der Waals surface area contributed by atoms with E-state index in [4.69, 9.17) is 4.74 Å². The molecule has 1 saturated heterocycles. The highest BCUT2D eigenvalue weighted by Gasteiger charge is 2.36. The molecule has 0 radical (unpaired) electrons. The van der Waals surface area contributed by atoms with E-state index in [-0.39, 0.29) is 23.8 Å². The molecule has 2 atom stereocenters. The summed E-state index contributed by atoms with van der Waals surface area (Å²) in [6.45, 7) is 3.03. The highest BCUT2D eigenvalue weighted by molar-refractivity contribution is 5.99. The minimum Gasteiger partial charge on any atom is -0.468 e. The molecule has 3 heterocycles. The van der Waals surface area contributed by atoms with Gasteiger partial charge in [-0.15, -0.1) is 0 Å². The zero-order valence-electron chi connectivity index (χ0n) is 22.6. The van der Waals surface area contributed by atoms with E-state index < -0.39 is 0 Å². The van der Waals surface area contributed by atoms with Crippen LogP contribution in [0.1, 0.15) is 68.6 Å². The summed E-state index contributed by atoms with van der Waals surface area (Å²) in [5, 5.41) is 3.29. The van der Waals surface area contributed by atoms with Gasteiger partial charge in [0.05, 0.1) is 18.1 Å². The van der Waals surface area contributed by atoms with Gasteiger partial charge in [0, 0.05) is 43.9 Å². The van der Waals surface area contributed by atoms with Gasteiger partial charge in [0.15, 0.2) is 0 Å². The second kappa shape index (κ2) is 10.2. The van der Waals surface area contributed by atoms with Crippen molar-refractivity contribution in [3.63, 3.8) is 0 Å². The third-order valence-corrected chi connectivity index (χ3v) is 8.08. The molecular weight excluding hydrogens is 490 g/mol. The molecule has 0 unspecified atom stereocenters. The Morgan fingerprint density at radius 1 is 1.05 bits per heavy atom. The monoisotopic (exact) mass is 523 g/mol. The minimum atomic E-state index is -0.130. The van der Waals surface area contributed by atoms with Crippen LogP contribution >= 0.6 is 0 Å². The summed E-state index contributed by atoms with van der Waals surface area (Å²) in [4.78, 5) is 38.1. The lowest BCUT2D eigenvalue weighted by Gasteiger charge is -2.39. The topological polar surface area (TPSA) is 89.3 Å². The van der Waals surface area contributed by atoms with Gasteiger partial charge in [-0.3, -0.25) is 19.1 Å². The summed E-state index contributed by atoms with van der Waals surface area (Å²) >= 11 is 0. The quantitative estimate of drug-likeness (QED) is 0.399. The Kier molecular flexibility index (Phi) is 6.54. The number of benzene rings is 2. The standard InChI is InChI=1S/C31H33N5O3/c1-19-16-22(17-26-27(19)34-31(39-3)35(26)2)30(38)36-15-13-25(24(18-36)20-8-5-4-6-9-20)33-29(37)28-23(21-11-12-21)10-7-14-32-28/h4-10,14,16-17,21,24-25H,11-13,15,18H2,1-3H3,(H,33,37)/t24-,25-/m1/s1. The molecule has 1 saturated carbocycles. The number of pyridine rings is 1. The molecule has 2 aliphatic rings. The van der Waals surface area contributed by atoms with E-state index in [2.05, 4.69) is 27.4 Å². The Labute approximate surface area is 228 Å². The molecule has 6 rings (SSSR count). The van der Waals surface area contributed by atoms with Crippen molar-refractivity contribution in [2.24, 2.45) is 7.05 Å². The number of fused-ring (bicyclic) bond motifs is 1. The summed E-state index contributed by atoms with van der Waals surface area (Å²) in [7, 11) is 3.48. The van der Waals surface area contributed by atoms with Crippen LogP contribution in [-0.2, 0) is 7.05 Å². The highest BCUT2D eigenvalue weighted by Crippen LogP contribution is 2.41. The predicted molar refractivity (Wildman–Crippen MR) is 149 cm³/mol. The number of methoxy groups -OCH3 is 1. The van der Waals surface area contributed by atoms with Gasteiger partial charge in [0.1, 0.15) is 5.69 Å². The molecule has 1 N–H and O–H groups in total. The summed E-state index contributed by atoms with van der Waals surface area (Å²) in [6.07, 6.45) is 4.56. The van der Waals surface area contributed by atoms with Gasteiger partial charge in [-0.2, -0.15) is 4.98 Å². The Bertz CT molecular complexity index is 1540. The number of likely N-dealkylation sites (tertiary alicyclic amines) is 1. The number of amides is 2. The van der Waals surface area contributed by atoms with E-state index in [0.717, 1.165) is 40.6 Å². The average Bonchev–Trinajstić information content (AvgIpc) is 3.77. The number of rotatable bonds is 6. The van der Waals surface area contributed by atoms with Gasteiger partial charge in [-0.1, -0.05) is 36.4 Å². The first-order valence-electron chi connectivity index (χ1n) is 13.6. The van der Waals surface area contributed by atoms with Crippen molar-refractivity contribution < 1.29 is 14.3 Å². The van der Waals surface area contributed by atoms with Crippen LogP contribution in [-0.4, -0.2) is 57.5 Å². The SMILES string of the molecule is COc1nc2c(C)cc(C(=O)N3CC[C@@H](NC(=O)c4ncccc4C4CC4)[C@@H](c4ccccc4)C3)cc2n1C. The lowest BCUT2D eigenvalue weighted by Crippen LogP contribution is -2.51. The van der Waals surface area contributed by atoms with Gasteiger partial charge in [0.2, 0.25) is 0 Å². The van der Waals surface area contributed by atoms with E-state index in [0.29, 0.717) is 42.7 Å². The second-order valence-corrected chi connectivity index (χ2v) is 10.7. The number of ether oxygens (including phenoxy) is 1. The zero-order chi connectivity index (χ0) is 27.1. The fraction of sp³-hybridized carbons (Fsp3) is 0.355. The number of aromatic nitrogens is 3. The van der Waals surface area contributed by atoms with Crippen molar-refractivity contribution in [1.82, 2.24) is 24.8 Å². The van der Waals surface area contributed by atoms with E-state index in [1.807, 2.05) is 65.9 Å². The molecule has 8 heteroatoms. The zero-order valence-corrected chi connectivity index (χ0v) is 22.6. The minimum absolute atomic E-state index is 0.0216. The van der Waals surface area contributed by atoms with E-state index in [1.54, 1.807) is 13.3 Å². The number of piperidine rings is 1. The first-order valence-corrected chi connectivity index (χ1v) is 13.6. The fourth-order valence-corrected chi connectivity index (χ4v) is 5.84. The maximum absolute atomic E-state index is 13.8. The summed E-state index contributed by atoms with van der Waals surface area (Å²) in [5.41, 5.74) is 5.91. The van der Waals surface area contributed by atoms with Crippen LogP contribution < -0.4 is 10.1 Å². The number of imidazole rings is 1. The van der Waals surface area contributed by atoms with Crippen molar-refractivity contribution in [2.45, 2.75) is 44.1 Å². The van der Waals surface area contributed by atoms with Gasteiger partial charge >= 0.3 is 0 Å². The summed E-state index contributed by atoms with van der Waals surface area (Å²) in [5.74, 6) is 0.243. The van der Waals surface area contributed by atoms with Crippen LogP contribution in [0.4, 0.5) is 0 Å². The lowest BCUT2D eigenvalue weighted by atomic mass is 9.85. The number of hydrogen-bond acceptors (Lipinski definition) is 5. The van der Waals surface area contributed by atoms with Crippen LogP contribution in [0.25, 0.3) is 11.0 Å². The van der Waals surface area contributed by atoms with Crippen molar-refractivity contribution in [2.75, 3.05) is 20.2 Å². The predicted octanol–water partition coefficient (Wildman–Crippen LogP) is 4.59. The number of carbonyl (C=O) groups is 2. The average molecular weight is 524 g/mol. The van der Waals surface area contributed by atoms with Gasteiger partial charge in [0.25, 0.3) is 17.8 Å². The Morgan fingerprint density at radius 3 is 2.59 bits per heavy atom. The molecule has 2 amide bonds. The molecule has 8 nitrogen and oxygen atoms in total. The molecule has 2 aromatic carbocycles. The van der Waals surface area contributed by atoms with Gasteiger partial charge < -0.3 is 15.0 Å². The molecule has 4 aromatic rings. The highest BCUT2D eigenvalue weighted by atomic mass is 16.5. The van der Waals surface area contributed by atoms with Crippen LogP contribution in [0, 0.1) is 6.92 Å². The molecule has 1 aliphatic heterocycles. The molecular formula is C31H33N5O3. The van der Waals surface area contributed by atoms with E-state index >= 15 is 0 Å². The van der Waals surface area contributed by atoms with Gasteiger partial charge in [-0.05, 0) is 67.0 Å². The third kappa shape index (κ3) is 4.75. The van der Waals surface area contributed by atoms with Crippen LogP contribution in [0.2, 0.25) is 0 Å². The normalized spacial score (nSPS) is 19.2. The molecule has 39 heavy (non-hydrogen) atoms. The molecule has 0 spiro atoms. The van der Waals surface area contributed by atoms with Crippen molar-refractivity contribution >= 4 is 22.8 Å². The largest absolute Gasteiger partial charge is 0.468 e. The smallest absolute Gasteiger partial charge is 0.296 e. The van der Waals surface area contributed by atoms with Crippen LogP contribution in [0.3, 0.4) is 0 Å². The number of aryl methyl sites for hydroxylation is 2. The summed E-state index contributed by atoms with van der Waals surface area (Å²) < 4.78 is 7.24. The lowest BCUT2D eigenvalue weighted by molar-refractivity contribution is 0.0671. The summed E-state index contributed by atoms with van der Waals surface area (Å²) in [6, 6.07) is 18.3. The van der Waals surface area contributed by atoms with Crippen LogP contribution in [0.15, 0.2) is 60.8 Å². The van der Waals surface area contributed by atoms with E-state index in [1.165, 1.54) is 0 Å². The maximum Gasteiger partial charge on any atom is 0.296 e. The fourth-order valence-electron chi connectivity index (χ4n) is 5.84. The first-order chi connectivity index (χ1) is 18.9. The number of carbonyl (C=O) groups excluding carboxylic acids is 2. The van der Waals surface area contributed by atoms with E-state index in [9.17, 15) is 9.59 Å². The van der Waals surface area contributed by atoms with Crippen molar-refractivity contribution in [3.8, 4) is 6.01 Å². The molecule has 200 valence electrons. The number of hydrogen-bond donors (Lipinski definition) is 1. The number of nitrogens with one attached hydrogen (secondary N) is 1. The first kappa shape index (κ1) is 25.1. The molecule has 2 fully saturated rings. The Hall–Kier alpha value is -4.20. The third-order valence-electron chi connectivity index (χ3n) is 8.08. The number of nitrogens with zero attached hydrogens (tertiary/aromatic N) is 4.